The normalized spacial score (nSPS) is 17.3. The number of Topliss-reactive ketones (excluding diaryl/α,β-unsaturated/α-hetero) is 1. The highest BCUT2D eigenvalue weighted by Crippen LogP contribution is 2.26. The number of benzene rings is 1. The zero-order valence-electron chi connectivity index (χ0n) is 15.7. The van der Waals surface area contributed by atoms with Crippen molar-refractivity contribution in [3.8, 4) is 5.69 Å². The van der Waals surface area contributed by atoms with Crippen molar-refractivity contribution in [1.29, 1.82) is 0 Å². The van der Waals surface area contributed by atoms with Gasteiger partial charge in [-0.2, -0.15) is 5.10 Å². The maximum absolute atomic E-state index is 13.1. The molecule has 7 heteroatoms. The molecule has 1 aliphatic rings. The first-order valence-corrected chi connectivity index (χ1v) is 9.28. The molecule has 6 nitrogen and oxygen atoms in total. The van der Waals surface area contributed by atoms with Crippen LogP contribution >= 0.6 is 0 Å². The van der Waals surface area contributed by atoms with Crippen molar-refractivity contribution in [3.63, 3.8) is 0 Å². The van der Waals surface area contributed by atoms with Crippen molar-refractivity contribution in [1.82, 2.24) is 14.7 Å². The lowest BCUT2D eigenvalue weighted by molar-refractivity contribution is -0.133. The topological polar surface area (TPSA) is 81.2 Å². The zero-order chi connectivity index (χ0) is 19.6. The van der Waals surface area contributed by atoms with Crippen molar-refractivity contribution in [2.45, 2.75) is 33.1 Å². The Hall–Kier alpha value is -2.70. The van der Waals surface area contributed by atoms with Crippen molar-refractivity contribution in [3.05, 3.63) is 41.8 Å². The Morgan fingerprint density at radius 2 is 2.00 bits per heavy atom. The van der Waals surface area contributed by atoms with E-state index in [1.807, 2.05) is 13.8 Å². The predicted octanol–water partition coefficient (Wildman–Crippen LogP) is 3.06. The SMILES string of the molecule is CC(C)CC(=O)N1CCCC(C(=O)c2cnn(-c3ccc(F)cc3)c2N)C1. The Labute approximate surface area is 158 Å². The molecule has 0 radical (unpaired) electrons. The maximum Gasteiger partial charge on any atom is 0.222 e. The number of nitrogen functional groups attached to an aromatic ring is 1. The van der Waals surface area contributed by atoms with E-state index in [2.05, 4.69) is 5.10 Å². The fraction of sp³-hybridized carbons (Fsp3) is 0.450. The first kappa shape index (κ1) is 19.1. The molecule has 3 rings (SSSR count). The maximum atomic E-state index is 13.1. The molecule has 2 N–H and O–H groups in total. The Morgan fingerprint density at radius 3 is 2.67 bits per heavy atom. The Kier molecular flexibility index (Phi) is 5.58. The summed E-state index contributed by atoms with van der Waals surface area (Å²) in [6, 6.07) is 5.74. The highest BCUT2D eigenvalue weighted by atomic mass is 19.1. The molecule has 1 aromatic carbocycles. The van der Waals surface area contributed by atoms with Crippen LogP contribution in [0.2, 0.25) is 0 Å². The van der Waals surface area contributed by atoms with E-state index in [4.69, 9.17) is 5.73 Å². The lowest BCUT2D eigenvalue weighted by atomic mass is 9.90. The number of likely N-dealkylation sites (tertiary alicyclic amines) is 1. The number of ketones is 1. The van der Waals surface area contributed by atoms with Gasteiger partial charge in [-0.25, -0.2) is 9.07 Å². The van der Waals surface area contributed by atoms with Crippen LogP contribution < -0.4 is 5.73 Å². The first-order valence-electron chi connectivity index (χ1n) is 9.28. The molecule has 27 heavy (non-hydrogen) atoms. The minimum atomic E-state index is -0.353. The lowest BCUT2D eigenvalue weighted by Crippen LogP contribution is -2.42. The predicted molar refractivity (Wildman–Crippen MR) is 101 cm³/mol. The van der Waals surface area contributed by atoms with Crippen LogP contribution in [-0.4, -0.2) is 39.5 Å². The van der Waals surface area contributed by atoms with Gasteiger partial charge in [0, 0.05) is 25.4 Å². The number of nitrogens with two attached hydrogens (primary N) is 1. The Bertz CT molecular complexity index is 829. The minimum absolute atomic E-state index is 0.0945. The fourth-order valence-corrected chi connectivity index (χ4v) is 3.45. The van der Waals surface area contributed by atoms with Crippen LogP contribution in [0.15, 0.2) is 30.5 Å². The Balaban J connectivity index is 1.76. The van der Waals surface area contributed by atoms with E-state index < -0.39 is 0 Å². The minimum Gasteiger partial charge on any atom is -0.383 e. The molecule has 144 valence electrons. The van der Waals surface area contributed by atoms with Crippen molar-refractivity contribution >= 4 is 17.5 Å². The number of halogens is 1. The van der Waals surface area contributed by atoms with E-state index in [9.17, 15) is 14.0 Å². The molecule has 1 fully saturated rings. The van der Waals surface area contributed by atoms with Gasteiger partial charge in [0.05, 0.1) is 17.4 Å². The van der Waals surface area contributed by atoms with E-state index in [0.29, 0.717) is 30.8 Å². The average Bonchev–Trinajstić information content (AvgIpc) is 3.03. The molecule has 1 amide bonds. The van der Waals surface area contributed by atoms with Gasteiger partial charge >= 0.3 is 0 Å². The van der Waals surface area contributed by atoms with Crippen LogP contribution in [-0.2, 0) is 4.79 Å². The number of nitrogens with zero attached hydrogens (tertiary/aromatic N) is 3. The third-order valence-corrected chi connectivity index (χ3v) is 4.87. The molecule has 0 spiro atoms. The molecule has 1 unspecified atom stereocenters. The standard InChI is InChI=1S/C20H25FN4O2/c1-13(2)10-18(26)24-9-3-4-14(12-24)19(27)17-11-23-25(20(17)22)16-7-5-15(21)6-8-16/h5-8,11,13-14H,3-4,9-10,12,22H2,1-2H3. The fourth-order valence-electron chi connectivity index (χ4n) is 3.45. The smallest absolute Gasteiger partial charge is 0.222 e. The second-order valence-electron chi connectivity index (χ2n) is 7.47. The summed E-state index contributed by atoms with van der Waals surface area (Å²) in [6.45, 7) is 5.13. The Morgan fingerprint density at radius 1 is 1.30 bits per heavy atom. The number of amides is 1. The molecule has 0 aliphatic carbocycles. The molecule has 2 heterocycles. The molecule has 2 aromatic rings. The summed E-state index contributed by atoms with van der Waals surface area (Å²) in [5, 5.41) is 4.19. The molecule has 0 saturated carbocycles. The summed E-state index contributed by atoms with van der Waals surface area (Å²) in [5.74, 6) is -0.104. The van der Waals surface area contributed by atoms with Gasteiger partial charge in [0.15, 0.2) is 5.78 Å². The molecule has 0 bridgehead atoms. The molecule has 1 aliphatic heterocycles. The van der Waals surface area contributed by atoms with E-state index in [0.717, 1.165) is 12.8 Å². The number of hydrogen-bond acceptors (Lipinski definition) is 4. The van der Waals surface area contributed by atoms with Gasteiger partial charge in [-0.15, -0.1) is 0 Å². The van der Waals surface area contributed by atoms with Gasteiger partial charge in [0.2, 0.25) is 5.91 Å². The zero-order valence-corrected chi connectivity index (χ0v) is 15.7. The summed E-state index contributed by atoms with van der Waals surface area (Å²) < 4.78 is 14.5. The van der Waals surface area contributed by atoms with Gasteiger partial charge < -0.3 is 10.6 Å². The van der Waals surface area contributed by atoms with Crippen LogP contribution in [0, 0.1) is 17.7 Å². The van der Waals surface area contributed by atoms with Crippen molar-refractivity contribution in [2.24, 2.45) is 11.8 Å². The van der Waals surface area contributed by atoms with Gasteiger partial charge in [-0.1, -0.05) is 13.8 Å². The van der Waals surface area contributed by atoms with Crippen molar-refractivity contribution in [2.75, 3.05) is 18.8 Å². The van der Waals surface area contributed by atoms with E-state index in [-0.39, 0.29) is 35.2 Å². The second-order valence-corrected chi connectivity index (χ2v) is 7.47. The summed E-state index contributed by atoms with van der Waals surface area (Å²) in [7, 11) is 0. The molecule has 1 aromatic heterocycles. The molecular formula is C20H25FN4O2. The number of anilines is 1. The van der Waals surface area contributed by atoms with Gasteiger partial charge in [-0.05, 0) is 43.0 Å². The number of piperidine rings is 1. The number of aromatic nitrogens is 2. The van der Waals surface area contributed by atoms with Gasteiger partial charge in [0.1, 0.15) is 11.6 Å². The van der Waals surface area contributed by atoms with Gasteiger partial charge in [-0.3, -0.25) is 9.59 Å². The van der Waals surface area contributed by atoms with E-state index in [1.54, 1.807) is 17.0 Å². The number of carbonyl (C=O) groups is 2. The molecular weight excluding hydrogens is 347 g/mol. The van der Waals surface area contributed by atoms with Crippen LogP contribution in [0.1, 0.15) is 43.5 Å². The van der Waals surface area contributed by atoms with Crippen LogP contribution in [0.3, 0.4) is 0 Å². The number of rotatable bonds is 5. The number of hydrogen-bond donors (Lipinski definition) is 1. The highest BCUT2D eigenvalue weighted by Gasteiger charge is 2.31. The summed E-state index contributed by atoms with van der Waals surface area (Å²) in [5.41, 5.74) is 7.08. The van der Waals surface area contributed by atoms with Crippen LogP contribution in [0.5, 0.6) is 0 Å². The van der Waals surface area contributed by atoms with Crippen LogP contribution in [0.4, 0.5) is 10.2 Å². The molecule has 1 saturated heterocycles. The van der Waals surface area contributed by atoms with Crippen molar-refractivity contribution < 1.29 is 14.0 Å². The highest BCUT2D eigenvalue weighted by molar-refractivity contribution is 6.02. The van der Waals surface area contributed by atoms with E-state index in [1.165, 1.54) is 23.0 Å². The quantitative estimate of drug-likeness (QED) is 0.818. The third-order valence-electron chi connectivity index (χ3n) is 4.87. The monoisotopic (exact) mass is 372 g/mol. The summed E-state index contributed by atoms with van der Waals surface area (Å²) in [6.07, 6.45) is 3.47. The summed E-state index contributed by atoms with van der Waals surface area (Å²) >= 11 is 0. The third kappa shape index (κ3) is 4.18. The lowest BCUT2D eigenvalue weighted by Gasteiger charge is -2.32. The first-order chi connectivity index (χ1) is 12.9. The number of carbonyl (C=O) groups excluding carboxylic acids is 2. The van der Waals surface area contributed by atoms with Gasteiger partial charge in [0.25, 0.3) is 0 Å². The second kappa shape index (κ2) is 7.90. The van der Waals surface area contributed by atoms with Crippen LogP contribution in [0.25, 0.3) is 5.69 Å². The summed E-state index contributed by atoms with van der Waals surface area (Å²) in [4.78, 5) is 27.1. The molecule has 1 atom stereocenters. The van der Waals surface area contributed by atoms with E-state index >= 15 is 0 Å². The average molecular weight is 372 g/mol. The largest absolute Gasteiger partial charge is 0.383 e.